The lowest BCUT2D eigenvalue weighted by Gasteiger charge is -2.18. The van der Waals surface area contributed by atoms with Crippen molar-refractivity contribution in [1.82, 2.24) is 24.3 Å². The first-order chi connectivity index (χ1) is 14.6. The second-order valence-corrected chi connectivity index (χ2v) is 9.32. The van der Waals surface area contributed by atoms with Gasteiger partial charge in [-0.2, -0.15) is 0 Å². The monoisotopic (exact) mass is 429 g/mol. The normalized spacial score (nSPS) is 17.1. The summed E-state index contributed by atoms with van der Waals surface area (Å²) in [6.45, 7) is 12.2. The highest BCUT2D eigenvalue weighted by molar-refractivity contribution is 5.80. The molecule has 0 unspecified atom stereocenters. The van der Waals surface area contributed by atoms with E-state index in [0.717, 1.165) is 47.4 Å². The van der Waals surface area contributed by atoms with Crippen LogP contribution in [0.5, 0.6) is 0 Å². The number of pyridine rings is 1. The van der Waals surface area contributed by atoms with Crippen molar-refractivity contribution < 1.29 is 4.79 Å². The fourth-order valence-electron chi connectivity index (χ4n) is 4.66. The number of nitrogens with one attached hydrogen (secondary N) is 1. The molecular weight excluding hydrogens is 394 g/mol. The Bertz CT molecular complexity index is 1100. The van der Waals surface area contributed by atoms with Crippen molar-refractivity contribution in [3.63, 3.8) is 0 Å². The van der Waals surface area contributed by atoms with Gasteiger partial charge in [-0.25, -0.2) is 9.78 Å². The Balaban J connectivity index is 1.67. The molecule has 3 rings (SSSR count). The first-order valence-corrected chi connectivity index (χ1v) is 11.1. The molecule has 1 amide bonds. The third-order valence-corrected chi connectivity index (χ3v) is 6.35. The summed E-state index contributed by atoms with van der Waals surface area (Å²) in [6.07, 6.45) is 1.99. The van der Waals surface area contributed by atoms with Crippen LogP contribution in [0.15, 0.2) is 9.59 Å². The SMILES string of the molecule is Cc1nc2c(c(C)c1CCC(=O)NC[C@H]1CCN(CC(C)C)C1)c(=O)n(C)c(=O)n2C. The average molecular weight is 430 g/mol. The quantitative estimate of drug-likeness (QED) is 0.716. The zero-order valence-corrected chi connectivity index (χ0v) is 19.6. The maximum absolute atomic E-state index is 12.7. The lowest BCUT2D eigenvalue weighted by atomic mass is 9.99. The molecule has 0 aromatic carbocycles. The van der Waals surface area contributed by atoms with Gasteiger partial charge >= 0.3 is 5.69 Å². The first-order valence-electron chi connectivity index (χ1n) is 11.1. The summed E-state index contributed by atoms with van der Waals surface area (Å²) >= 11 is 0. The largest absolute Gasteiger partial charge is 0.356 e. The summed E-state index contributed by atoms with van der Waals surface area (Å²) in [5, 5.41) is 3.53. The van der Waals surface area contributed by atoms with Crippen molar-refractivity contribution in [2.75, 3.05) is 26.2 Å². The van der Waals surface area contributed by atoms with Gasteiger partial charge in [0, 0.05) is 45.8 Å². The summed E-state index contributed by atoms with van der Waals surface area (Å²) in [6, 6.07) is 0. The zero-order chi connectivity index (χ0) is 22.9. The van der Waals surface area contributed by atoms with E-state index in [1.165, 1.54) is 11.6 Å². The van der Waals surface area contributed by atoms with Gasteiger partial charge in [-0.1, -0.05) is 13.8 Å². The predicted molar refractivity (Wildman–Crippen MR) is 122 cm³/mol. The lowest BCUT2D eigenvalue weighted by Crippen LogP contribution is -2.38. The first kappa shape index (κ1) is 23.2. The number of rotatable bonds is 7. The van der Waals surface area contributed by atoms with Crippen molar-refractivity contribution in [3.05, 3.63) is 37.7 Å². The van der Waals surface area contributed by atoms with Gasteiger partial charge in [0.25, 0.3) is 5.56 Å². The van der Waals surface area contributed by atoms with Gasteiger partial charge in [0.05, 0.1) is 5.39 Å². The number of aromatic nitrogens is 3. The second kappa shape index (κ2) is 9.34. The third kappa shape index (κ3) is 4.89. The Kier molecular flexibility index (Phi) is 6.99. The molecule has 1 saturated heterocycles. The Hall–Kier alpha value is -2.48. The minimum absolute atomic E-state index is 0.0228. The van der Waals surface area contributed by atoms with Crippen LogP contribution in [0.25, 0.3) is 11.0 Å². The summed E-state index contributed by atoms with van der Waals surface area (Å²) in [5.41, 5.74) is 2.11. The third-order valence-electron chi connectivity index (χ3n) is 6.35. The van der Waals surface area contributed by atoms with Crippen LogP contribution in [0, 0.1) is 25.7 Å². The van der Waals surface area contributed by atoms with E-state index in [1.807, 2.05) is 13.8 Å². The molecule has 0 aliphatic carbocycles. The number of hydrogen-bond acceptors (Lipinski definition) is 5. The van der Waals surface area contributed by atoms with Gasteiger partial charge in [0.15, 0.2) is 0 Å². The minimum Gasteiger partial charge on any atom is -0.356 e. The summed E-state index contributed by atoms with van der Waals surface area (Å²) in [5.74, 6) is 1.20. The van der Waals surface area contributed by atoms with Crippen LogP contribution in [0.4, 0.5) is 0 Å². The van der Waals surface area contributed by atoms with Crippen molar-refractivity contribution in [2.24, 2.45) is 25.9 Å². The average Bonchev–Trinajstić information content (AvgIpc) is 3.15. The minimum atomic E-state index is -0.394. The fourth-order valence-corrected chi connectivity index (χ4v) is 4.66. The van der Waals surface area contributed by atoms with Crippen LogP contribution < -0.4 is 16.6 Å². The molecule has 1 aliphatic heterocycles. The molecule has 1 atom stereocenters. The maximum Gasteiger partial charge on any atom is 0.332 e. The number of aryl methyl sites for hydroxylation is 3. The highest BCUT2D eigenvalue weighted by Gasteiger charge is 2.23. The van der Waals surface area contributed by atoms with Crippen molar-refractivity contribution in [3.8, 4) is 0 Å². The topological polar surface area (TPSA) is 89.2 Å². The molecule has 2 aromatic heterocycles. The van der Waals surface area contributed by atoms with E-state index < -0.39 is 5.69 Å². The van der Waals surface area contributed by atoms with E-state index >= 15 is 0 Å². The molecule has 0 radical (unpaired) electrons. The van der Waals surface area contributed by atoms with Crippen LogP contribution in [-0.4, -0.2) is 51.1 Å². The van der Waals surface area contributed by atoms with E-state index in [-0.39, 0.29) is 11.5 Å². The molecule has 31 heavy (non-hydrogen) atoms. The van der Waals surface area contributed by atoms with Crippen molar-refractivity contribution >= 4 is 16.9 Å². The van der Waals surface area contributed by atoms with Gasteiger partial charge < -0.3 is 10.2 Å². The molecule has 3 heterocycles. The van der Waals surface area contributed by atoms with E-state index in [4.69, 9.17) is 0 Å². The molecular formula is C23H35N5O3. The van der Waals surface area contributed by atoms with Crippen LogP contribution in [0.2, 0.25) is 0 Å². The summed E-state index contributed by atoms with van der Waals surface area (Å²) < 4.78 is 2.50. The van der Waals surface area contributed by atoms with Gasteiger partial charge in [-0.15, -0.1) is 0 Å². The molecule has 8 nitrogen and oxygen atoms in total. The number of nitrogens with zero attached hydrogens (tertiary/aromatic N) is 4. The Morgan fingerprint density at radius 1 is 1.19 bits per heavy atom. The van der Waals surface area contributed by atoms with Gasteiger partial charge in [0.2, 0.25) is 5.91 Å². The highest BCUT2D eigenvalue weighted by Crippen LogP contribution is 2.21. The van der Waals surface area contributed by atoms with Crippen molar-refractivity contribution in [1.29, 1.82) is 0 Å². The predicted octanol–water partition coefficient (Wildman–Crippen LogP) is 1.28. The molecule has 0 spiro atoms. The molecule has 2 aromatic rings. The number of hydrogen-bond donors (Lipinski definition) is 1. The second-order valence-electron chi connectivity index (χ2n) is 9.32. The number of amides is 1. The lowest BCUT2D eigenvalue weighted by molar-refractivity contribution is -0.121. The smallest absolute Gasteiger partial charge is 0.332 e. The molecule has 1 N–H and O–H groups in total. The van der Waals surface area contributed by atoms with Crippen LogP contribution in [0.3, 0.4) is 0 Å². The van der Waals surface area contributed by atoms with Gasteiger partial charge in [0.1, 0.15) is 5.65 Å². The van der Waals surface area contributed by atoms with E-state index in [9.17, 15) is 14.4 Å². The Labute approximate surface area is 183 Å². The number of fused-ring (bicyclic) bond motifs is 1. The zero-order valence-electron chi connectivity index (χ0n) is 19.6. The molecule has 0 saturated carbocycles. The fraction of sp³-hybridized carbons (Fsp3) is 0.652. The van der Waals surface area contributed by atoms with E-state index in [1.54, 1.807) is 7.05 Å². The summed E-state index contributed by atoms with van der Waals surface area (Å²) in [7, 11) is 3.09. The maximum atomic E-state index is 12.7. The molecule has 1 aliphatic rings. The number of likely N-dealkylation sites (tertiary alicyclic amines) is 1. The van der Waals surface area contributed by atoms with Crippen LogP contribution >= 0.6 is 0 Å². The molecule has 0 bridgehead atoms. The van der Waals surface area contributed by atoms with Gasteiger partial charge in [-0.05, 0) is 56.2 Å². The van der Waals surface area contributed by atoms with Crippen molar-refractivity contribution in [2.45, 2.75) is 47.0 Å². The van der Waals surface area contributed by atoms with E-state index in [2.05, 4.69) is 29.0 Å². The number of carbonyl (C=O) groups is 1. The Morgan fingerprint density at radius 3 is 2.58 bits per heavy atom. The molecule has 1 fully saturated rings. The summed E-state index contributed by atoms with van der Waals surface area (Å²) in [4.78, 5) is 44.4. The molecule has 170 valence electrons. The van der Waals surface area contributed by atoms with Crippen LogP contribution in [-0.2, 0) is 25.3 Å². The highest BCUT2D eigenvalue weighted by atomic mass is 16.2. The Morgan fingerprint density at radius 2 is 1.90 bits per heavy atom. The van der Waals surface area contributed by atoms with Gasteiger partial charge in [-0.3, -0.25) is 18.7 Å². The van der Waals surface area contributed by atoms with Crippen LogP contribution in [0.1, 0.15) is 43.5 Å². The number of carbonyl (C=O) groups excluding carboxylic acids is 1. The standard InChI is InChI=1S/C23H35N5O3/c1-14(2)12-28-10-9-17(13-28)11-24-19(29)8-7-18-15(3)20-21(25-16(18)4)26(5)23(31)27(6)22(20)30/h14,17H,7-13H2,1-6H3,(H,24,29)/t17-/m1/s1. The molecule has 8 heteroatoms. The van der Waals surface area contributed by atoms with E-state index in [0.29, 0.717) is 42.3 Å².